The molecule has 8 aromatic rings. The van der Waals surface area contributed by atoms with Crippen molar-refractivity contribution >= 4 is 21.8 Å². The van der Waals surface area contributed by atoms with Crippen LogP contribution in [0, 0.1) is 45.3 Å². The van der Waals surface area contributed by atoms with Crippen LogP contribution in [0.2, 0.25) is 0 Å². The highest BCUT2D eigenvalue weighted by molar-refractivity contribution is 6.12. The Balaban J connectivity index is 1.36. The number of aromatic nitrogens is 1. The Kier molecular flexibility index (Phi) is 7.64. The zero-order chi connectivity index (χ0) is 34.9. The number of nitrogens with zero attached hydrogens (tertiary/aromatic N) is 5. The molecule has 5 heteroatoms. The van der Waals surface area contributed by atoms with E-state index in [0.717, 1.165) is 72.0 Å². The molecule has 1 heterocycles. The SMILES string of the molecule is N#Cc1cc(C#N)cc(-c2ccccc2-c2ccc3c(c2)c2cc(-c4ccccc4-c4cc(C#N)cc(C#N)c4)ccc2n3-c2ccccc2)c1. The van der Waals surface area contributed by atoms with E-state index in [0.29, 0.717) is 22.3 Å². The molecule has 234 valence electrons. The van der Waals surface area contributed by atoms with Crippen molar-refractivity contribution in [1.29, 1.82) is 21.0 Å². The second-order valence-corrected chi connectivity index (χ2v) is 12.3. The van der Waals surface area contributed by atoms with Gasteiger partial charge >= 0.3 is 0 Å². The summed E-state index contributed by atoms with van der Waals surface area (Å²) in [6.07, 6.45) is 0. The minimum absolute atomic E-state index is 0.441. The van der Waals surface area contributed by atoms with Crippen molar-refractivity contribution in [2.45, 2.75) is 0 Å². The third-order valence-corrected chi connectivity index (χ3v) is 9.26. The number of hydrogen-bond acceptors (Lipinski definition) is 4. The highest BCUT2D eigenvalue weighted by Crippen LogP contribution is 2.41. The quantitative estimate of drug-likeness (QED) is 0.185. The van der Waals surface area contributed by atoms with Crippen LogP contribution < -0.4 is 0 Å². The monoisotopic (exact) mass is 647 g/mol. The zero-order valence-electron chi connectivity index (χ0n) is 27.2. The molecule has 0 aliphatic heterocycles. The van der Waals surface area contributed by atoms with Gasteiger partial charge in [0.05, 0.1) is 57.6 Å². The first kappa shape index (κ1) is 30.6. The minimum atomic E-state index is 0.441. The van der Waals surface area contributed by atoms with Crippen LogP contribution >= 0.6 is 0 Å². The predicted octanol–water partition coefficient (Wildman–Crippen LogP) is 10.9. The van der Waals surface area contributed by atoms with Gasteiger partial charge in [-0.1, -0.05) is 78.9 Å². The molecule has 7 aromatic carbocycles. The van der Waals surface area contributed by atoms with Gasteiger partial charge in [0, 0.05) is 16.5 Å². The molecule has 0 N–H and O–H groups in total. The summed E-state index contributed by atoms with van der Waals surface area (Å²) in [7, 11) is 0. The van der Waals surface area contributed by atoms with Crippen LogP contribution in [-0.4, -0.2) is 4.57 Å². The van der Waals surface area contributed by atoms with E-state index in [1.807, 2.05) is 78.9 Å². The first-order valence-electron chi connectivity index (χ1n) is 16.3. The smallest absolute Gasteiger partial charge is 0.0992 e. The van der Waals surface area contributed by atoms with E-state index in [2.05, 4.69) is 89.5 Å². The second kappa shape index (κ2) is 12.7. The Morgan fingerprint density at radius 3 is 1.06 bits per heavy atom. The van der Waals surface area contributed by atoms with Gasteiger partial charge in [-0.15, -0.1) is 0 Å². The standard InChI is InChI=1S/C46H25N5/c47-26-30-18-31(27-48)21-36(20-30)41-12-6-4-10-39(41)34-14-16-45-43(24-34)44-25-35(15-17-46(44)51(45)38-8-2-1-3-9-38)40-11-5-7-13-42(40)37-22-32(28-49)19-33(23-37)29-50/h1-25H. The van der Waals surface area contributed by atoms with Crippen molar-refractivity contribution in [3.8, 4) is 74.5 Å². The van der Waals surface area contributed by atoms with Gasteiger partial charge in [0.2, 0.25) is 0 Å². The zero-order valence-corrected chi connectivity index (χ0v) is 27.2. The Morgan fingerprint density at radius 1 is 0.333 bits per heavy atom. The lowest BCUT2D eigenvalue weighted by atomic mass is 9.91. The second-order valence-electron chi connectivity index (χ2n) is 12.3. The van der Waals surface area contributed by atoms with Gasteiger partial charge in [-0.3, -0.25) is 0 Å². The third kappa shape index (κ3) is 5.45. The summed E-state index contributed by atoms with van der Waals surface area (Å²) < 4.78 is 2.28. The first-order chi connectivity index (χ1) is 25.1. The number of fused-ring (bicyclic) bond motifs is 3. The minimum Gasteiger partial charge on any atom is -0.309 e. The Hall–Kier alpha value is -7.70. The van der Waals surface area contributed by atoms with Gasteiger partial charge in [0.1, 0.15) is 0 Å². The average Bonchev–Trinajstić information content (AvgIpc) is 3.53. The number of hydrogen-bond donors (Lipinski definition) is 0. The maximum atomic E-state index is 9.68. The molecule has 8 rings (SSSR count). The molecule has 0 unspecified atom stereocenters. The van der Waals surface area contributed by atoms with E-state index in [9.17, 15) is 21.0 Å². The molecular weight excluding hydrogens is 623 g/mol. The lowest BCUT2D eigenvalue weighted by Gasteiger charge is -2.12. The van der Waals surface area contributed by atoms with Gasteiger partial charge < -0.3 is 4.57 Å². The number of rotatable bonds is 5. The first-order valence-corrected chi connectivity index (χ1v) is 16.3. The lowest BCUT2D eigenvalue weighted by molar-refractivity contribution is 1.18. The van der Waals surface area contributed by atoms with Crippen LogP contribution in [0.5, 0.6) is 0 Å². The van der Waals surface area contributed by atoms with Crippen molar-refractivity contribution in [2.24, 2.45) is 0 Å². The number of para-hydroxylation sites is 1. The molecule has 0 aliphatic carbocycles. The Bertz CT molecular complexity index is 2610. The van der Waals surface area contributed by atoms with E-state index in [4.69, 9.17) is 0 Å². The lowest BCUT2D eigenvalue weighted by Crippen LogP contribution is -1.93. The predicted molar refractivity (Wildman–Crippen MR) is 201 cm³/mol. The van der Waals surface area contributed by atoms with E-state index in [1.165, 1.54) is 0 Å². The molecule has 0 radical (unpaired) electrons. The topological polar surface area (TPSA) is 100 Å². The number of nitriles is 4. The summed E-state index contributed by atoms with van der Waals surface area (Å²) >= 11 is 0. The third-order valence-electron chi connectivity index (χ3n) is 9.26. The van der Waals surface area contributed by atoms with Gasteiger partial charge in [-0.2, -0.15) is 21.0 Å². The molecule has 0 amide bonds. The maximum absolute atomic E-state index is 9.68. The molecule has 0 atom stereocenters. The maximum Gasteiger partial charge on any atom is 0.0992 e. The summed E-state index contributed by atoms with van der Waals surface area (Å²) in [5, 5.41) is 40.9. The normalized spacial score (nSPS) is 10.7. The molecule has 0 spiro atoms. The molecule has 0 bridgehead atoms. The van der Waals surface area contributed by atoms with E-state index < -0.39 is 0 Å². The van der Waals surface area contributed by atoms with Gasteiger partial charge in [-0.25, -0.2) is 0 Å². The molecule has 1 aromatic heterocycles. The van der Waals surface area contributed by atoms with E-state index >= 15 is 0 Å². The van der Waals surface area contributed by atoms with Crippen molar-refractivity contribution in [2.75, 3.05) is 0 Å². The number of benzene rings is 7. The molecule has 0 aliphatic rings. The highest BCUT2D eigenvalue weighted by atomic mass is 15.0. The van der Waals surface area contributed by atoms with Crippen LogP contribution in [0.3, 0.4) is 0 Å². The Labute approximate surface area is 295 Å². The average molecular weight is 648 g/mol. The molecule has 0 saturated carbocycles. The van der Waals surface area contributed by atoms with Crippen molar-refractivity contribution < 1.29 is 0 Å². The fraction of sp³-hybridized carbons (Fsp3) is 0. The van der Waals surface area contributed by atoms with Gasteiger partial charge in [0.25, 0.3) is 0 Å². The van der Waals surface area contributed by atoms with Crippen molar-refractivity contribution in [3.63, 3.8) is 0 Å². The van der Waals surface area contributed by atoms with E-state index in [1.54, 1.807) is 12.1 Å². The summed E-state index contributed by atoms with van der Waals surface area (Å²) in [5.41, 5.74) is 12.4. The molecule has 0 saturated heterocycles. The summed E-state index contributed by atoms with van der Waals surface area (Å²) in [6, 6.07) is 58.8. The summed E-state index contributed by atoms with van der Waals surface area (Å²) in [5.74, 6) is 0. The van der Waals surface area contributed by atoms with Crippen LogP contribution in [0.1, 0.15) is 22.3 Å². The van der Waals surface area contributed by atoms with Crippen molar-refractivity contribution in [1.82, 2.24) is 4.57 Å². The van der Waals surface area contributed by atoms with Crippen LogP contribution in [0.15, 0.2) is 152 Å². The van der Waals surface area contributed by atoms with Crippen LogP contribution in [0.4, 0.5) is 0 Å². The molecule has 5 nitrogen and oxygen atoms in total. The van der Waals surface area contributed by atoms with Gasteiger partial charge in [0.15, 0.2) is 0 Å². The fourth-order valence-corrected chi connectivity index (χ4v) is 7.01. The molecule has 51 heavy (non-hydrogen) atoms. The van der Waals surface area contributed by atoms with Gasteiger partial charge in [-0.05, 0) is 117 Å². The van der Waals surface area contributed by atoms with E-state index in [-0.39, 0.29) is 0 Å². The summed E-state index contributed by atoms with van der Waals surface area (Å²) in [6.45, 7) is 0. The Morgan fingerprint density at radius 2 is 0.686 bits per heavy atom. The summed E-state index contributed by atoms with van der Waals surface area (Å²) in [4.78, 5) is 0. The van der Waals surface area contributed by atoms with Crippen LogP contribution in [-0.2, 0) is 0 Å². The van der Waals surface area contributed by atoms with Crippen molar-refractivity contribution in [3.05, 3.63) is 174 Å². The molecular formula is C46H25N5. The largest absolute Gasteiger partial charge is 0.309 e. The molecule has 0 fully saturated rings. The highest BCUT2D eigenvalue weighted by Gasteiger charge is 2.18. The van der Waals surface area contributed by atoms with Crippen LogP contribution in [0.25, 0.3) is 72.0 Å². The fourth-order valence-electron chi connectivity index (χ4n) is 7.01.